The van der Waals surface area contributed by atoms with Crippen LogP contribution in [0.2, 0.25) is 0 Å². The highest BCUT2D eigenvalue weighted by Crippen LogP contribution is 2.20. The van der Waals surface area contributed by atoms with E-state index in [1.54, 1.807) is 7.11 Å². The second kappa shape index (κ2) is 7.39. The molecule has 0 aliphatic carbocycles. The van der Waals surface area contributed by atoms with Crippen molar-refractivity contribution in [2.75, 3.05) is 27.7 Å². The summed E-state index contributed by atoms with van der Waals surface area (Å²) in [6.07, 6.45) is 1.01. The van der Waals surface area contributed by atoms with Crippen LogP contribution in [0.15, 0.2) is 24.3 Å². The molecule has 1 N–H and O–H groups in total. The maximum absolute atomic E-state index is 5.40. The fourth-order valence-corrected chi connectivity index (χ4v) is 2.05. The van der Waals surface area contributed by atoms with Crippen molar-refractivity contribution in [3.05, 3.63) is 29.8 Å². The van der Waals surface area contributed by atoms with Crippen molar-refractivity contribution < 1.29 is 4.74 Å². The molecule has 0 aliphatic rings. The van der Waals surface area contributed by atoms with Crippen LogP contribution in [0.3, 0.4) is 0 Å². The van der Waals surface area contributed by atoms with Crippen LogP contribution in [0.4, 0.5) is 0 Å². The molecule has 0 saturated carbocycles. The van der Waals surface area contributed by atoms with Gasteiger partial charge >= 0.3 is 0 Å². The Morgan fingerprint density at radius 3 is 2.56 bits per heavy atom. The highest BCUT2D eigenvalue weighted by Gasteiger charge is 2.14. The summed E-state index contributed by atoms with van der Waals surface area (Å²) in [5.74, 6) is 0.986. The zero-order valence-corrected chi connectivity index (χ0v) is 12.2. The third-order valence-corrected chi connectivity index (χ3v) is 3.51. The number of nitrogens with one attached hydrogen (secondary N) is 1. The van der Waals surface area contributed by atoms with Gasteiger partial charge < -0.3 is 15.0 Å². The summed E-state index contributed by atoms with van der Waals surface area (Å²) in [5, 5.41) is 3.27. The summed E-state index contributed by atoms with van der Waals surface area (Å²) in [7, 11) is 5.91. The van der Waals surface area contributed by atoms with Crippen molar-refractivity contribution in [2.45, 2.75) is 32.4 Å². The third kappa shape index (κ3) is 4.31. The Bertz CT molecular complexity index is 354. The first-order chi connectivity index (χ1) is 8.58. The molecule has 1 aromatic rings. The molecule has 0 fully saturated rings. The molecule has 0 heterocycles. The van der Waals surface area contributed by atoms with E-state index in [1.165, 1.54) is 5.56 Å². The van der Waals surface area contributed by atoms with E-state index in [0.29, 0.717) is 12.1 Å². The molecule has 0 saturated heterocycles. The second-order valence-electron chi connectivity index (χ2n) is 4.99. The van der Waals surface area contributed by atoms with Crippen LogP contribution in [0.1, 0.15) is 19.4 Å². The molecule has 102 valence electrons. The fourth-order valence-electron chi connectivity index (χ4n) is 2.05. The Morgan fingerprint density at radius 1 is 1.28 bits per heavy atom. The quantitative estimate of drug-likeness (QED) is 0.802. The number of methoxy groups -OCH3 is 1. The molecule has 3 heteroatoms. The number of hydrogen-bond donors (Lipinski definition) is 1. The van der Waals surface area contributed by atoms with E-state index in [2.05, 4.69) is 43.2 Å². The molecule has 0 spiro atoms. The number of likely N-dealkylation sites (N-methyl/N-ethyl adjacent to an activating group) is 2. The van der Waals surface area contributed by atoms with Crippen LogP contribution >= 0.6 is 0 Å². The first kappa shape index (κ1) is 15.0. The van der Waals surface area contributed by atoms with E-state index in [0.717, 1.165) is 18.7 Å². The molecule has 18 heavy (non-hydrogen) atoms. The number of para-hydroxylation sites is 1. The molecule has 0 aliphatic heterocycles. The lowest BCUT2D eigenvalue weighted by molar-refractivity contribution is 0.234. The van der Waals surface area contributed by atoms with Crippen LogP contribution in [-0.2, 0) is 6.42 Å². The summed E-state index contributed by atoms with van der Waals surface area (Å²) < 4.78 is 5.40. The lowest BCUT2D eigenvalue weighted by Crippen LogP contribution is -2.40. The number of ether oxygens (including phenoxy) is 1. The van der Waals surface area contributed by atoms with Crippen LogP contribution in [0.5, 0.6) is 5.75 Å². The van der Waals surface area contributed by atoms with Gasteiger partial charge in [-0.2, -0.15) is 0 Å². The van der Waals surface area contributed by atoms with Gasteiger partial charge in [0, 0.05) is 18.6 Å². The normalized spacial score (nSPS) is 14.6. The molecule has 2 atom stereocenters. The van der Waals surface area contributed by atoms with Gasteiger partial charge in [-0.05, 0) is 46.0 Å². The van der Waals surface area contributed by atoms with Crippen molar-refractivity contribution in [2.24, 2.45) is 0 Å². The second-order valence-corrected chi connectivity index (χ2v) is 4.99. The predicted molar refractivity (Wildman–Crippen MR) is 77.3 cm³/mol. The van der Waals surface area contributed by atoms with Gasteiger partial charge in [0.15, 0.2) is 0 Å². The summed E-state index contributed by atoms with van der Waals surface area (Å²) in [6, 6.07) is 9.26. The molecule has 0 aromatic heterocycles. The van der Waals surface area contributed by atoms with E-state index in [1.807, 2.05) is 19.2 Å². The Kier molecular flexibility index (Phi) is 6.16. The SMILES string of the molecule is CNC(C)CN(C)C(C)Cc1ccccc1OC. The average molecular weight is 250 g/mol. The van der Waals surface area contributed by atoms with Gasteiger partial charge in [0.05, 0.1) is 7.11 Å². The summed E-state index contributed by atoms with van der Waals surface area (Å²) >= 11 is 0. The maximum atomic E-state index is 5.40. The zero-order chi connectivity index (χ0) is 13.5. The lowest BCUT2D eigenvalue weighted by atomic mass is 10.0. The average Bonchev–Trinajstić information content (AvgIpc) is 2.39. The molecule has 1 rings (SSSR count). The minimum atomic E-state index is 0.497. The highest BCUT2D eigenvalue weighted by atomic mass is 16.5. The topological polar surface area (TPSA) is 24.5 Å². The highest BCUT2D eigenvalue weighted by molar-refractivity contribution is 5.33. The van der Waals surface area contributed by atoms with Crippen LogP contribution < -0.4 is 10.1 Å². The molecule has 0 amide bonds. The monoisotopic (exact) mass is 250 g/mol. The van der Waals surface area contributed by atoms with E-state index >= 15 is 0 Å². The van der Waals surface area contributed by atoms with Gasteiger partial charge in [-0.25, -0.2) is 0 Å². The fraction of sp³-hybridized carbons (Fsp3) is 0.600. The van der Waals surface area contributed by atoms with Crippen molar-refractivity contribution in [3.8, 4) is 5.75 Å². The summed E-state index contributed by atoms with van der Waals surface area (Å²) in [6.45, 7) is 5.51. The summed E-state index contributed by atoms with van der Waals surface area (Å²) in [5.41, 5.74) is 1.27. The van der Waals surface area contributed by atoms with E-state index < -0.39 is 0 Å². The Balaban J connectivity index is 2.60. The molecule has 0 radical (unpaired) electrons. The van der Waals surface area contributed by atoms with Crippen LogP contribution in [0, 0.1) is 0 Å². The first-order valence-corrected chi connectivity index (χ1v) is 6.57. The zero-order valence-electron chi connectivity index (χ0n) is 12.2. The van der Waals surface area contributed by atoms with Crippen LogP contribution in [-0.4, -0.2) is 44.7 Å². The van der Waals surface area contributed by atoms with E-state index in [4.69, 9.17) is 4.74 Å². The number of rotatable bonds is 7. The summed E-state index contributed by atoms with van der Waals surface area (Å²) in [4.78, 5) is 2.38. The maximum Gasteiger partial charge on any atom is 0.122 e. The molecule has 2 unspecified atom stereocenters. The molecule has 3 nitrogen and oxygen atoms in total. The van der Waals surface area contributed by atoms with E-state index in [9.17, 15) is 0 Å². The minimum Gasteiger partial charge on any atom is -0.496 e. The molecular weight excluding hydrogens is 224 g/mol. The Morgan fingerprint density at radius 2 is 1.94 bits per heavy atom. The van der Waals surface area contributed by atoms with Gasteiger partial charge in [-0.15, -0.1) is 0 Å². The van der Waals surface area contributed by atoms with Crippen LogP contribution in [0.25, 0.3) is 0 Å². The van der Waals surface area contributed by atoms with Crippen molar-refractivity contribution in [1.29, 1.82) is 0 Å². The van der Waals surface area contributed by atoms with Gasteiger partial charge in [0.1, 0.15) is 5.75 Å². The van der Waals surface area contributed by atoms with Gasteiger partial charge in [0.25, 0.3) is 0 Å². The van der Waals surface area contributed by atoms with E-state index in [-0.39, 0.29) is 0 Å². The number of benzene rings is 1. The molecule has 0 bridgehead atoms. The first-order valence-electron chi connectivity index (χ1n) is 6.57. The van der Waals surface area contributed by atoms with Gasteiger partial charge in [-0.1, -0.05) is 18.2 Å². The van der Waals surface area contributed by atoms with Crippen molar-refractivity contribution in [1.82, 2.24) is 10.2 Å². The van der Waals surface area contributed by atoms with Gasteiger partial charge in [0.2, 0.25) is 0 Å². The number of hydrogen-bond acceptors (Lipinski definition) is 3. The number of nitrogens with zero attached hydrogens (tertiary/aromatic N) is 1. The minimum absolute atomic E-state index is 0.497. The standard InChI is InChI=1S/C15H26N2O/c1-12(16-3)11-17(4)13(2)10-14-8-6-7-9-15(14)18-5/h6-9,12-13,16H,10-11H2,1-5H3. The Hall–Kier alpha value is -1.06. The van der Waals surface area contributed by atoms with Gasteiger partial charge in [-0.3, -0.25) is 0 Å². The largest absolute Gasteiger partial charge is 0.496 e. The Labute approximate surface area is 111 Å². The lowest BCUT2D eigenvalue weighted by Gasteiger charge is -2.28. The molecular formula is C15H26N2O. The smallest absolute Gasteiger partial charge is 0.122 e. The van der Waals surface area contributed by atoms with Crippen molar-refractivity contribution >= 4 is 0 Å². The third-order valence-electron chi connectivity index (χ3n) is 3.51. The van der Waals surface area contributed by atoms with Crippen molar-refractivity contribution in [3.63, 3.8) is 0 Å². The molecule has 1 aromatic carbocycles. The predicted octanol–water partition coefficient (Wildman–Crippen LogP) is 2.17.